The number of esters is 1. The van der Waals surface area contributed by atoms with Gasteiger partial charge in [-0.15, -0.1) is 0 Å². The molecule has 176 valence electrons. The highest BCUT2D eigenvalue weighted by molar-refractivity contribution is 6.30. The number of ether oxygens (including phenoxy) is 2. The molecule has 1 saturated heterocycles. The highest BCUT2D eigenvalue weighted by Gasteiger charge is 2.49. The number of hydrogen-bond acceptors (Lipinski definition) is 5. The predicted molar refractivity (Wildman–Crippen MR) is 125 cm³/mol. The molecule has 0 spiro atoms. The van der Waals surface area contributed by atoms with E-state index in [0.717, 1.165) is 5.56 Å². The molecule has 3 rings (SSSR count). The van der Waals surface area contributed by atoms with Gasteiger partial charge >= 0.3 is 12.1 Å². The van der Waals surface area contributed by atoms with Crippen molar-refractivity contribution in [2.45, 2.75) is 39.4 Å². The van der Waals surface area contributed by atoms with Gasteiger partial charge in [0.25, 0.3) is 5.91 Å². The van der Waals surface area contributed by atoms with Gasteiger partial charge in [0.2, 0.25) is 0 Å². The van der Waals surface area contributed by atoms with Crippen LogP contribution in [0.2, 0.25) is 5.02 Å². The number of rotatable bonds is 6. The topological polar surface area (TPSA) is 84.9 Å². The zero-order valence-corrected chi connectivity index (χ0v) is 19.9. The number of amides is 2. The van der Waals surface area contributed by atoms with Crippen LogP contribution in [0.3, 0.4) is 0 Å². The molecule has 1 heterocycles. The van der Waals surface area contributed by atoms with Crippen LogP contribution in [0, 0.1) is 5.41 Å². The Morgan fingerprint density at radius 2 is 1.73 bits per heavy atom. The standard InChI is InChI=1S/C25H29ClN2O5/c1-24(2,3)33-22(30)25(16-27-21(29)19-9-11-20(26)12-10-19)13-14-28(17-25)23(31)32-15-18-7-5-4-6-8-18/h4-12H,13-17H2,1-3H3,(H,27,29)/t25-/m0/s1. The fourth-order valence-electron chi connectivity index (χ4n) is 3.56. The summed E-state index contributed by atoms with van der Waals surface area (Å²) in [5.41, 5.74) is -0.471. The molecule has 1 aliphatic heterocycles. The summed E-state index contributed by atoms with van der Waals surface area (Å²) < 4.78 is 11.1. The first kappa shape index (κ1) is 24.6. The molecule has 0 radical (unpaired) electrons. The molecule has 0 bridgehead atoms. The highest BCUT2D eigenvalue weighted by atomic mass is 35.5. The van der Waals surface area contributed by atoms with E-state index < -0.39 is 23.1 Å². The Morgan fingerprint density at radius 1 is 1.06 bits per heavy atom. The summed E-state index contributed by atoms with van der Waals surface area (Å²) in [6, 6.07) is 15.8. The maximum Gasteiger partial charge on any atom is 0.410 e. The minimum absolute atomic E-state index is 0.0336. The van der Waals surface area contributed by atoms with Crippen molar-refractivity contribution < 1.29 is 23.9 Å². The van der Waals surface area contributed by atoms with Gasteiger partial charge in [-0.25, -0.2) is 4.79 Å². The van der Waals surface area contributed by atoms with Crippen molar-refractivity contribution in [2.75, 3.05) is 19.6 Å². The van der Waals surface area contributed by atoms with E-state index in [1.54, 1.807) is 45.0 Å². The molecule has 1 atom stereocenters. The molecule has 0 saturated carbocycles. The highest BCUT2D eigenvalue weighted by Crippen LogP contribution is 2.33. The second-order valence-corrected chi connectivity index (χ2v) is 9.62. The van der Waals surface area contributed by atoms with Crippen molar-refractivity contribution in [3.05, 3.63) is 70.7 Å². The number of likely N-dealkylation sites (tertiary alicyclic amines) is 1. The van der Waals surface area contributed by atoms with Crippen molar-refractivity contribution >= 4 is 29.6 Å². The lowest BCUT2D eigenvalue weighted by Gasteiger charge is -2.31. The molecule has 7 nitrogen and oxygen atoms in total. The smallest absolute Gasteiger partial charge is 0.410 e. The molecule has 2 aromatic rings. The van der Waals surface area contributed by atoms with Gasteiger partial charge in [-0.1, -0.05) is 41.9 Å². The average molecular weight is 473 g/mol. The number of nitrogens with zero attached hydrogens (tertiary/aromatic N) is 1. The van der Waals surface area contributed by atoms with Gasteiger partial charge in [0.05, 0.1) is 0 Å². The monoisotopic (exact) mass is 472 g/mol. The van der Waals surface area contributed by atoms with E-state index in [2.05, 4.69) is 5.32 Å². The molecule has 0 aromatic heterocycles. The van der Waals surface area contributed by atoms with E-state index in [1.165, 1.54) is 4.90 Å². The van der Waals surface area contributed by atoms with E-state index in [0.29, 0.717) is 23.6 Å². The maximum absolute atomic E-state index is 13.2. The first-order valence-corrected chi connectivity index (χ1v) is 11.2. The SMILES string of the molecule is CC(C)(C)OC(=O)[C@]1(CNC(=O)c2ccc(Cl)cc2)CCN(C(=O)OCc2ccccc2)C1. The molecule has 2 amide bonds. The Hall–Kier alpha value is -3.06. The normalized spacial score (nSPS) is 18.0. The third-order valence-corrected chi connectivity index (χ3v) is 5.59. The average Bonchev–Trinajstić information content (AvgIpc) is 3.22. The van der Waals surface area contributed by atoms with Crippen LogP contribution in [-0.4, -0.2) is 48.1 Å². The molecule has 1 aliphatic rings. The van der Waals surface area contributed by atoms with Gasteiger partial charge < -0.3 is 19.7 Å². The number of carbonyl (C=O) groups excluding carboxylic acids is 3. The second-order valence-electron chi connectivity index (χ2n) is 9.18. The summed E-state index contributed by atoms with van der Waals surface area (Å²) in [6.07, 6.45) is -0.156. The molecule has 0 aliphatic carbocycles. The summed E-state index contributed by atoms with van der Waals surface area (Å²) in [6.45, 7) is 5.94. The van der Waals surface area contributed by atoms with E-state index in [-0.39, 0.29) is 25.6 Å². The Labute approximate surface area is 199 Å². The molecule has 33 heavy (non-hydrogen) atoms. The largest absolute Gasteiger partial charge is 0.459 e. The van der Waals surface area contributed by atoms with E-state index >= 15 is 0 Å². The quantitative estimate of drug-likeness (QED) is 0.628. The van der Waals surface area contributed by atoms with Gasteiger partial charge in [0, 0.05) is 30.2 Å². The van der Waals surface area contributed by atoms with Gasteiger partial charge in [-0.05, 0) is 57.0 Å². The Morgan fingerprint density at radius 3 is 2.36 bits per heavy atom. The minimum Gasteiger partial charge on any atom is -0.459 e. The van der Waals surface area contributed by atoms with Gasteiger partial charge in [0.1, 0.15) is 17.6 Å². The van der Waals surface area contributed by atoms with E-state index in [4.69, 9.17) is 21.1 Å². The fraction of sp³-hybridized carbons (Fsp3) is 0.400. The van der Waals surface area contributed by atoms with Crippen molar-refractivity contribution in [1.82, 2.24) is 10.2 Å². The van der Waals surface area contributed by atoms with Crippen molar-refractivity contribution in [3.63, 3.8) is 0 Å². The zero-order chi connectivity index (χ0) is 24.1. The first-order valence-electron chi connectivity index (χ1n) is 10.8. The van der Waals surface area contributed by atoms with Crippen LogP contribution in [0.5, 0.6) is 0 Å². The minimum atomic E-state index is -1.07. The predicted octanol–water partition coefficient (Wildman–Crippen LogP) is 4.44. The van der Waals surface area contributed by atoms with E-state index in [9.17, 15) is 14.4 Å². The Balaban J connectivity index is 1.68. The van der Waals surface area contributed by atoms with Crippen LogP contribution >= 0.6 is 11.6 Å². The number of hydrogen-bond donors (Lipinski definition) is 1. The third kappa shape index (κ3) is 6.71. The second kappa shape index (κ2) is 10.3. The van der Waals surface area contributed by atoms with E-state index in [1.807, 2.05) is 30.3 Å². The Bertz CT molecular complexity index is 988. The lowest BCUT2D eigenvalue weighted by molar-refractivity contribution is -0.166. The number of nitrogens with one attached hydrogen (secondary N) is 1. The summed E-state index contributed by atoms with van der Waals surface area (Å²) in [7, 11) is 0. The lowest BCUT2D eigenvalue weighted by Crippen LogP contribution is -2.48. The first-order chi connectivity index (χ1) is 15.6. The van der Waals surface area contributed by atoms with Gasteiger partial charge in [-0.2, -0.15) is 0 Å². The molecular weight excluding hydrogens is 444 g/mol. The van der Waals surface area contributed by atoms with Crippen LogP contribution in [0.4, 0.5) is 4.79 Å². The number of carbonyl (C=O) groups is 3. The Kier molecular flexibility index (Phi) is 7.64. The van der Waals surface area contributed by atoms with Crippen molar-refractivity contribution in [3.8, 4) is 0 Å². The van der Waals surface area contributed by atoms with Crippen LogP contribution < -0.4 is 5.32 Å². The summed E-state index contributed by atoms with van der Waals surface area (Å²) in [5.74, 6) is -0.788. The zero-order valence-electron chi connectivity index (χ0n) is 19.1. The van der Waals surface area contributed by atoms with Crippen LogP contribution in [0.25, 0.3) is 0 Å². The van der Waals surface area contributed by atoms with Crippen molar-refractivity contribution in [1.29, 1.82) is 0 Å². The van der Waals surface area contributed by atoms with Gasteiger partial charge in [-0.3, -0.25) is 9.59 Å². The molecule has 8 heteroatoms. The van der Waals surface area contributed by atoms with Gasteiger partial charge in [0.15, 0.2) is 0 Å². The number of benzene rings is 2. The van der Waals surface area contributed by atoms with Crippen LogP contribution in [0.1, 0.15) is 43.1 Å². The fourth-order valence-corrected chi connectivity index (χ4v) is 3.69. The summed E-state index contributed by atoms with van der Waals surface area (Å²) >= 11 is 5.89. The molecule has 1 fully saturated rings. The molecular formula is C25H29ClN2O5. The molecule has 0 unspecified atom stereocenters. The molecule has 1 N–H and O–H groups in total. The lowest BCUT2D eigenvalue weighted by atomic mass is 9.86. The van der Waals surface area contributed by atoms with Crippen LogP contribution in [0.15, 0.2) is 54.6 Å². The van der Waals surface area contributed by atoms with Crippen LogP contribution in [-0.2, 0) is 20.9 Å². The van der Waals surface area contributed by atoms with Crippen molar-refractivity contribution in [2.24, 2.45) is 5.41 Å². The number of halogens is 1. The maximum atomic E-state index is 13.2. The summed E-state index contributed by atoms with van der Waals surface area (Å²) in [4.78, 5) is 39.9. The molecule has 2 aromatic carbocycles. The third-order valence-electron chi connectivity index (χ3n) is 5.34. The summed E-state index contributed by atoms with van der Waals surface area (Å²) in [5, 5.41) is 3.35.